The summed E-state index contributed by atoms with van der Waals surface area (Å²) in [6, 6.07) is 3.03. The van der Waals surface area contributed by atoms with Gasteiger partial charge >= 0.3 is 5.97 Å². The predicted octanol–water partition coefficient (Wildman–Crippen LogP) is 3.29. The molecule has 0 radical (unpaired) electrons. The number of benzene rings is 1. The van der Waals surface area contributed by atoms with Gasteiger partial charge in [0.15, 0.2) is 0 Å². The Hall–Kier alpha value is -0.180. The first-order valence-corrected chi connectivity index (χ1v) is 8.63. The average Bonchev–Trinajstić information content (AvgIpc) is 2.83. The van der Waals surface area contributed by atoms with E-state index >= 15 is 0 Å². The summed E-state index contributed by atoms with van der Waals surface area (Å²) in [6.45, 7) is 0. The molecule has 0 saturated carbocycles. The van der Waals surface area contributed by atoms with E-state index in [1.54, 1.807) is 6.07 Å². The summed E-state index contributed by atoms with van der Waals surface area (Å²) in [6.07, 6.45) is 0.406. The van der Waals surface area contributed by atoms with Crippen LogP contribution in [-0.2, 0) is 4.79 Å². The van der Waals surface area contributed by atoms with Crippen LogP contribution in [0.1, 0.15) is 16.8 Å². The molecule has 1 atom stereocenters. The Labute approximate surface area is 143 Å². The number of carbonyl (C=O) groups excluding carboxylic acids is 1. The van der Waals surface area contributed by atoms with Gasteiger partial charge in [-0.15, -0.1) is 0 Å². The van der Waals surface area contributed by atoms with Crippen molar-refractivity contribution >= 4 is 69.4 Å². The van der Waals surface area contributed by atoms with Gasteiger partial charge in [-0.3, -0.25) is 4.79 Å². The highest BCUT2D eigenvalue weighted by Gasteiger charge is 2.43. The molecule has 0 aromatic heterocycles. The molecule has 1 aromatic rings. The van der Waals surface area contributed by atoms with Crippen molar-refractivity contribution in [3.63, 3.8) is 0 Å². The third-order valence-electron chi connectivity index (χ3n) is 3.02. The highest BCUT2D eigenvalue weighted by Crippen LogP contribution is 2.31. The molecule has 1 aromatic carbocycles. The zero-order valence-corrected chi connectivity index (χ0v) is 14.6. The Morgan fingerprint density at radius 1 is 1.40 bits per heavy atom. The van der Waals surface area contributed by atoms with Crippen molar-refractivity contribution in [2.75, 3.05) is 11.5 Å². The largest absolute Gasteiger partial charge is 0.479 e. The van der Waals surface area contributed by atoms with Crippen molar-refractivity contribution in [3.8, 4) is 0 Å². The number of hydrogen-bond acceptors (Lipinski definition) is 3. The normalized spacial score (nSPS) is 21.8. The van der Waals surface area contributed by atoms with Crippen LogP contribution >= 0.6 is 57.6 Å². The first-order chi connectivity index (χ1) is 9.35. The summed E-state index contributed by atoms with van der Waals surface area (Å²) < 4.78 is 0.553. The number of nitrogens with one attached hydrogen (secondary N) is 1. The van der Waals surface area contributed by atoms with Gasteiger partial charge in [-0.1, -0.05) is 23.2 Å². The number of carboxylic acids is 1. The lowest BCUT2D eigenvalue weighted by Gasteiger charge is -2.25. The van der Waals surface area contributed by atoms with E-state index in [9.17, 15) is 14.7 Å². The number of carboxylic acid groups (broad SMARTS) is 1. The van der Waals surface area contributed by atoms with Gasteiger partial charge in [-0.25, -0.2) is 4.79 Å². The van der Waals surface area contributed by atoms with E-state index in [0.29, 0.717) is 37.1 Å². The van der Waals surface area contributed by atoms with Crippen LogP contribution in [0.2, 0.25) is 10.0 Å². The molecule has 1 fully saturated rings. The maximum atomic E-state index is 12.3. The molecule has 0 spiro atoms. The fraction of sp³-hybridized carbons (Fsp3) is 0.333. The van der Waals surface area contributed by atoms with Gasteiger partial charge in [0.25, 0.3) is 5.91 Å². The number of amides is 1. The molecule has 20 heavy (non-hydrogen) atoms. The lowest BCUT2D eigenvalue weighted by molar-refractivity contribution is -0.143. The van der Waals surface area contributed by atoms with Crippen molar-refractivity contribution in [3.05, 3.63) is 31.3 Å². The fourth-order valence-corrected chi connectivity index (χ4v) is 4.27. The Morgan fingerprint density at radius 3 is 2.65 bits per heavy atom. The summed E-state index contributed by atoms with van der Waals surface area (Å²) in [5, 5.41) is 12.7. The molecule has 0 bridgehead atoms. The van der Waals surface area contributed by atoms with Crippen LogP contribution < -0.4 is 5.32 Å². The third-order valence-corrected chi connectivity index (χ3v) is 6.21. The summed E-state index contributed by atoms with van der Waals surface area (Å²) >= 11 is 15.3. The maximum Gasteiger partial charge on any atom is 0.330 e. The Kier molecular flexibility index (Phi) is 5.09. The molecule has 1 unspecified atom stereocenters. The van der Waals surface area contributed by atoms with E-state index < -0.39 is 17.4 Å². The second-order valence-corrected chi connectivity index (χ2v) is 7.42. The number of rotatable bonds is 3. The standard InChI is InChI=1S/C12H10Cl2INO3S/c13-6-3-7(9(15)8(14)4-6)10(17)16-12(11(18)19)1-2-20-5-12/h3-4H,1-2,5H2,(H,16,17)(H,18,19). The first kappa shape index (κ1) is 16.2. The minimum absolute atomic E-state index is 0.292. The second kappa shape index (κ2) is 6.29. The molecule has 2 rings (SSSR count). The summed E-state index contributed by atoms with van der Waals surface area (Å²) in [4.78, 5) is 23.8. The van der Waals surface area contributed by atoms with Gasteiger partial charge < -0.3 is 10.4 Å². The Morgan fingerprint density at radius 2 is 2.10 bits per heavy atom. The average molecular weight is 446 g/mol. The molecule has 1 saturated heterocycles. The molecule has 1 amide bonds. The molecule has 4 nitrogen and oxygen atoms in total. The highest BCUT2D eigenvalue weighted by molar-refractivity contribution is 14.1. The van der Waals surface area contributed by atoms with Crippen LogP contribution in [0.5, 0.6) is 0 Å². The first-order valence-electron chi connectivity index (χ1n) is 5.64. The molecule has 1 aliphatic heterocycles. The summed E-state index contributed by atoms with van der Waals surface area (Å²) in [5.74, 6) is -0.415. The van der Waals surface area contributed by atoms with Gasteiger partial charge in [0.05, 0.1) is 10.6 Å². The van der Waals surface area contributed by atoms with Gasteiger partial charge in [-0.05, 0) is 46.9 Å². The highest BCUT2D eigenvalue weighted by atomic mass is 127. The number of carbonyl (C=O) groups is 2. The van der Waals surface area contributed by atoms with Gasteiger partial charge in [0, 0.05) is 14.3 Å². The fourth-order valence-electron chi connectivity index (χ4n) is 1.89. The molecule has 108 valence electrons. The van der Waals surface area contributed by atoms with Crippen LogP contribution in [0.25, 0.3) is 0 Å². The molecule has 1 aliphatic rings. The van der Waals surface area contributed by atoms with Crippen molar-refractivity contribution in [1.82, 2.24) is 5.32 Å². The van der Waals surface area contributed by atoms with Gasteiger partial charge in [0.1, 0.15) is 5.54 Å². The van der Waals surface area contributed by atoms with Crippen LogP contribution in [-0.4, -0.2) is 34.0 Å². The van der Waals surface area contributed by atoms with Crippen LogP contribution in [0.3, 0.4) is 0 Å². The molecule has 2 N–H and O–H groups in total. The topological polar surface area (TPSA) is 66.4 Å². The second-order valence-electron chi connectivity index (χ2n) is 4.39. The number of thioether (sulfide) groups is 1. The predicted molar refractivity (Wildman–Crippen MR) is 89.0 cm³/mol. The van der Waals surface area contributed by atoms with Crippen LogP contribution in [0, 0.1) is 3.57 Å². The smallest absolute Gasteiger partial charge is 0.330 e. The SMILES string of the molecule is O=C(NC1(C(=O)O)CCSC1)c1cc(Cl)cc(Cl)c1I. The van der Waals surface area contributed by atoms with Crippen LogP contribution in [0.4, 0.5) is 0 Å². The molecule has 1 heterocycles. The number of aliphatic carboxylic acids is 1. The van der Waals surface area contributed by atoms with Crippen LogP contribution in [0.15, 0.2) is 12.1 Å². The zero-order valence-electron chi connectivity index (χ0n) is 10.1. The van der Waals surface area contributed by atoms with Gasteiger partial charge in [0.2, 0.25) is 0 Å². The van der Waals surface area contributed by atoms with Gasteiger partial charge in [-0.2, -0.15) is 11.8 Å². The van der Waals surface area contributed by atoms with Crippen molar-refractivity contribution in [2.45, 2.75) is 12.0 Å². The third kappa shape index (κ3) is 3.18. The maximum absolute atomic E-state index is 12.3. The lowest BCUT2D eigenvalue weighted by atomic mass is 9.98. The van der Waals surface area contributed by atoms with E-state index in [-0.39, 0.29) is 0 Å². The summed E-state index contributed by atoms with van der Waals surface area (Å²) in [5.41, 5.74) is -0.916. The Balaban J connectivity index is 2.30. The zero-order chi connectivity index (χ0) is 14.9. The van der Waals surface area contributed by atoms with E-state index in [2.05, 4.69) is 5.32 Å². The Bertz CT molecular complexity index is 576. The van der Waals surface area contributed by atoms with Crippen molar-refractivity contribution in [2.24, 2.45) is 0 Å². The summed E-state index contributed by atoms with van der Waals surface area (Å²) in [7, 11) is 0. The van der Waals surface area contributed by atoms with E-state index in [4.69, 9.17) is 23.2 Å². The monoisotopic (exact) mass is 445 g/mol. The number of halogens is 3. The lowest BCUT2D eigenvalue weighted by Crippen LogP contribution is -2.54. The quantitative estimate of drug-likeness (QED) is 0.553. The van der Waals surface area contributed by atoms with E-state index in [1.165, 1.54) is 17.8 Å². The van der Waals surface area contributed by atoms with E-state index in [1.807, 2.05) is 22.6 Å². The van der Waals surface area contributed by atoms with Crippen molar-refractivity contribution < 1.29 is 14.7 Å². The minimum Gasteiger partial charge on any atom is -0.479 e. The molecular weight excluding hydrogens is 436 g/mol. The molecule has 8 heteroatoms. The molecular formula is C12H10Cl2INO3S. The van der Waals surface area contributed by atoms with E-state index in [0.717, 1.165) is 0 Å². The minimum atomic E-state index is -1.21. The molecule has 0 aliphatic carbocycles. The van der Waals surface area contributed by atoms with Crippen molar-refractivity contribution in [1.29, 1.82) is 0 Å². The number of hydrogen-bond donors (Lipinski definition) is 2.